The lowest BCUT2D eigenvalue weighted by atomic mass is 9.92. The first kappa shape index (κ1) is 8.54. The van der Waals surface area contributed by atoms with E-state index in [0.29, 0.717) is 5.75 Å². The van der Waals surface area contributed by atoms with Crippen LogP contribution < -0.4 is 0 Å². The van der Waals surface area contributed by atoms with Crippen LogP contribution in [0.25, 0.3) is 16.8 Å². The van der Waals surface area contributed by atoms with E-state index < -0.39 is 0 Å². The standard InChI is InChI=1S/C14H12O/c15-13-7-3-5-11-9-8-10-4-1-2-6-12(10)14(11)13/h2-3,5-9,15H,1,4H2. The number of aromatic hydroxyl groups is 1. The molecular weight excluding hydrogens is 184 g/mol. The average Bonchev–Trinajstić information content (AvgIpc) is 2.29. The average molecular weight is 196 g/mol. The molecule has 3 rings (SSSR count). The van der Waals surface area contributed by atoms with Crippen molar-refractivity contribution in [2.45, 2.75) is 12.8 Å². The molecule has 2 aromatic carbocycles. The van der Waals surface area contributed by atoms with Crippen LogP contribution in [0.1, 0.15) is 17.5 Å². The number of benzene rings is 2. The molecule has 1 N–H and O–H groups in total. The third-order valence-corrected chi connectivity index (χ3v) is 3.02. The van der Waals surface area contributed by atoms with Gasteiger partial charge in [0.25, 0.3) is 0 Å². The quantitative estimate of drug-likeness (QED) is 0.683. The van der Waals surface area contributed by atoms with Gasteiger partial charge in [0.15, 0.2) is 0 Å². The minimum atomic E-state index is 0.385. The molecule has 0 bridgehead atoms. The number of hydrogen-bond acceptors (Lipinski definition) is 1. The summed E-state index contributed by atoms with van der Waals surface area (Å²) in [5, 5.41) is 12.0. The molecule has 15 heavy (non-hydrogen) atoms. The van der Waals surface area contributed by atoms with E-state index in [9.17, 15) is 5.11 Å². The summed E-state index contributed by atoms with van der Waals surface area (Å²) in [5.41, 5.74) is 2.53. The predicted octanol–water partition coefficient (Wildman–Crippen LogP) is 3.50. The van der Waals surface area contributed by atoms with Crippen molar-refractivity contribution in [2.75, 3.05) is 0 Å². The van der Waals surface area contributed by atoms with Gasteiger partial charge in [0.05, 0.1) is 0 Å². The number of fused-ring (bicyclic) bond motifs is 3. The van der Waals surface area contributed by atoms with Gasteiger partial charge in [-0.05, 0) is 35.4 Å². The lowest BCUT2D eigenvalue weighted by molar-refractivity contribution is 0.481. The maximum atomic E-state index is 9.89. The largest absolute Gasteiger partial charge is 0.507 e. The minimum Gasteiger partial charge on any atom is -0.507 e. The highest BCUT2D eigenvalue weighted by Crippen LogP contribution is 2.33. The molecule has 0 aliphatic heterocycles. The number of phenolic OH excluding ortho intramolecular Hbond substituents is 1. The lowest BCUT2D eigenvalue weighted by Gasteiger charge is -2.13. The van der Waals surface area contributed by atoms with Gasteiger partial charge in [-0.2, -0.15) is 0 Å². The van der Waals surface area contributed by atoms with Gasteiger partial charge >= 0.3 is 0 Å². The van der Waals surface area contributed by atoms with Crippen LogP contribution in [0.2, 0.25) is 0 Å². The smallest absolute Gasteiger partial charge is 0.124 e. The molecule has 1 nitrogen and oxygen atoms in total. The fraction of sp³-hybridized carbons (Fsp3) is 0.143. The van der Waals surface area contributed by atoms with Gasteiger partial charge < -0.3 is 5.11 Å². The zero-order valence-corrected chi connectivity index (χ0v) is 8.40. The van der Waals surface area contributed by atoms with Crippen molar-refractivity contribution >= 4 is 16.8 Å². The Balaban J connectivity index is 2.46. The molecule has 1 aliphatic rings. The molecule has 0 heterocycles. The molecule has 1 aliphatic carbocycles. The first-order valence-electron chi connectivity index (χ1n) is 5.26. The second-order valence-electron chi connectivity index (χ2n) is 3.95. The highest BCUT2D eigenvalue weighted by molar-refractivity contribution is 5.96. The molecular formula is C14H12O. The minimum absolute atomic E-state index is 0.385. The molecule has 0 unspecified atom stereocenters. The van der Waals surface area contributed by atoms with Crippen molar-refractivity contribution in [3.05, 3.63) is 47.5 Å². The summed E-state index contributed by atoms with van der Waals surface area (Å²) < 4.78 is 0. The van der Waals surface area contributed by atoms with Crippen molar-refractivity contribution in [1.29, 1.82) is 0 Å². The van der Waals surface area contributed by atoms with Crippen molar-refractivity contribution in [1.82, 2.24) is 0 Å². The van der Waals surface area contributed by atoms with E-state index in [1.165, 1.54) is 11.1 Å². The summed E-state index contributed by atoms with van der Waals surface area (Å²) in [5.74, 6) is 0.385. The van der Waals surface area contributed by atoms with E-state index in [4.69, 9.17) is 0 Å². The topological polar surface area (TPSA) is 20.2 Å². The van der Waals surface area contributed by atoms with E-state index in [1.807, 2.05) is 12.1 Å². The summed E-state index contributed by atoms with van der Waals surface area (Å²) >= 11 is 0. The van der Waals surface area contributed by atoms with Crippen LogP contribution in [0.4, 0.5) is 0 Å². The van der Waals surface area contributed by atoms with E-state index in [1.54, 1.807) is 6.07 Å². The second kappa shape index (κ2) is 3.13. The maximum Gasteiger partial charge on any atom is 0.124 e. The Morgan fingerprint density at radius 1 is 1.07 bits per heavy atom. The number of hydrogen-bond donors (Lipinski definition) is 1. The molecule has 1 heteroatoms. The van der Waals surface area contributed by atoms with Crippen molar-refractivity contribution in [3.63, 3.8) is 0 Å². The molecule has 74 valence electrons. The highest BCUT2D eigenvalue weighted by atomic mass is 16.3. The van der Waals surface area contributed by atoms with Gasteiger partial charge in [-0.3, -0.25) is 0 Å². The van der Waals surface area contributed by atoms with Crippen LogP contribution in [0.5, 0.6) is 5.75 Å². The molecule has 0 atom stereocenters. The first-order chi connectivity index (χ1) is 7.36. The molecule has 0 aromatic heterocycles. The molecule has 0 saturated carbocycles. The second-order valence-corrected chi connectivity index (χ2v) is 3.95. The van der Waals surface area contributed by atoms with Gasteiger partial charge in [0.2, 0.25) is 0 Å². The summed E-state index contributed by atoms with van der Waals surface area (Å²) in [4.78, 5) is 0. The monoisotopic (exact) mass is 196 g/mol. The summed E-state index contributed by atoms with van der Waals surface area (Å²) in [7, 11) is 0. The molecule has 2 aromatic rings. The van der Waals surface area contributed by atoms with Crippen LogP contribution in [0, 0.1) is 0 Å². The Kier molecular flexibility index (Phi) is 1.78. The van der Waals surface area contributed by atoms with E-state index >= 15 is 0 Å². The van der Waals surface area contributed by atoms with Crippen LogP contribution in [-0.2, 0) is 6.42 Å². The summed E-state index contributed by atoms with van der Waals surface area (Å²) in [6.45, 7) is 0. The zero-order chi connectivity index (χ0) is 10.3. The van der Waals surface area contributed by atoms with Gasteiger partial charge in [0.1, 0.15) is 5.75 Å². The molecule has 0 radical (unpaired) electrons. The Labute approximate surface area is 88.7 Å². The third-order valence-electron chi connectivity index (χ3n) is 3.02. The van der Waals surface area contributed by atoms with Crippen LogP contribution in [-0.4, -0.2) is 5.11 Å². The Hall–Kier alpha value is -1.76. The van der Waals surface area contributed by atoms with Crippen LogP contribution in [0.3, 0.4) is 0 Å². The number of allylic oxidation sites excluding steroid dienone is 1. The SMILES string of the molecule is Oc1cccc2ccc3c(c12)C=CCC3. The van der Waals surface area contributed by atoms with E-state index in [2.05, 4.69) is 24.3 Å². The van der Waals surface area contributed by atoms with Crippen LogP contribution >= 0.6 is 0 Å². The zero-order valence-electron chi connectivity index (χ0n) is 8.40. The Morgan fingerprint density at radius 2 is 2.00 bits per heavy atom. The first-order valence-corrected chi connectivity index (χ1v) is 5.26. The van der Waals surface area contributed by atoms with E-state index in [0.717, 1.165) is 23.6 Å². The Bertz CT molecular complexity index is 553. The Morgan fingerprint density at radius 3 is 2.93 bits per heavy atom. The molecule has 0 amide bonds. The maximum absolute atomic E-state index is 9.89. The van der Waals surface area contributed by atoms with Gasteiger partial charge in [-0.15, -0.1) is 0 Å². The summed E-state index contributed by atoms with van der Waals surface area (Å²) in [6.07, 6.45) is 6.48. The fourth-order valence-corrected chi connectivity index (χ4v) is 2.28. The normalized spacial score (nSPS) is 14.1. The van der Waals surface area contributed by atoms with Gasteiger partial charge in [-0.1, -0.05) is 36.4 Å². The predicted molar refractivity (Wildman–Crippen MR) is 63.0 cm³/mol. The van der Waals surface area contributed by atoms with Gasteiger partial charge in [0, 0.05) is 5.39 Å². The van der Waals surface area contributed by atoms with Crippen molar-refractivity contribution in [2.24, 2.45) is 0 Å². The number of phenols is 1. The fourth-order valence-electron chi connectivity index (χ4n) is 2.28. The highest BCUT2D eigenvalue weighted by Gasteiger charge is 2.10. The van der Waals surface area contributed by atoms with Crippen molar-refractivity contribution < 1.29 is 5.11 Å². The van der Waals surface area contributed by atoms with Crippen LogP contribution in [0.15, 0.2) is 36.4 Å². The molecule has 0 saturated heterocycles. The van der Waals surface area contributed by atoms with Gasteiger partial charge in [-0.25, -0.2) is 0 Å². The number of rotatable bonds is 0. The lowest BCUT2D eigenvalue weighted by Crippen LogP contribution is -1.94. The van der Waals surface area contributed by atoms with Crippen molar-refractivity contribution in [3.8, 4) is 5.75 Å². The molecule has 0 fully saturated rings. The molecule has 0 spiro atoms. The number of aryl methyl sites for hydroxylation is 1. The third kappa shape index (κ3) is 1.23. The van der Waals surface area contributed by atoms with E-state index in [-0.39, 0.29) is 0 Å². The summed E-state index contributed by atoms with van der Waals surface area (Å²) in [6, 6.07) is 9.94.